The van der Waals surface area contributed by atoms with Gasteiger partial charge in [0.05, 0.1) is 18.1 Å². The summed E-state index contributed by atoms with van der Waals surface area (Å²) in [7, 11) is -5.81. The van der Waals surface area contributed by atoms with Crippen molar-refractivity contribution < 1.29 is 40.1 Å². The van der Waals surface area contributed by atoms with E-state index >= 15 is 0 Å². The molecule has 0 aliphatic carbocycles. The first-order valence-corrected chi connectivity index (χ1v) is 14.4. The van der Waals surface area contributed by atoms with E-state index in [-0.39, 0.29) is 18.4 Å². The van der Waals surface area contributed by atoms with Crippen LogP contribution < -0.4 is 9.08 Å². The number of para-hydroxylation sites is 1. The smallest absolute Gasteiger partial charge is 0.388 e. The summed E-state index contributed by atoms with van der Waals surface area (Å²) in [6.07, 6.45) is -0.213. The number of carbonyl (C=O) groups is 1. The standard InChI is InChI=1S/C31H25F4NO5S/c32-24-15-13-21(14-16-24)28(37)18-17-27-29(36(30(27)38)25-6-2-1-3-7-25)22-11-9-20(10-12-22)23-5-4-8-26(19-23)41-42(39,40)31(33,34)35/h1-16,19,27-29,37H,17-18H2/t27-,28+,29-/m1/s1. The van der Waals surface area contributed by atoms with Crippen LogP contribution in [0.3, 0.4) is 0 Å². The van der Waals surface area contributed by atoms with Crippen LogP contribution in [0, 0.1) is 11.7 Å². The van der Waals surface area contributed by atoms with Crippen LogP contribution in [-0.4, -0.2) is 24.9 Å². The highest BCUT2D eigenvalue weighted by atomic mass is 32.2. The Kier molecular flexibility index (Phi) is 8.07. The van der Waals surface area contributed by atoms with Crippen molar-refractivity contribution in [3.8, 4) is 16.9 Å². The lowest BCUT2D eigenvalue weighted by Crippen LogP contribution is -2.55. The molecular formula is C31H25F4NO5S. The lowest BCUT2D eigenvalue weighted by molar-refractivity contribution is -0.131. The largest absolute Gasteiger partial charge is 0.534 e. The first-order chi connectivity index (χ1) is 19.9. The van der Waals surface area contributed by atoms with E-state index in [1.165, 1.54) is 36.4 Å². The maximum absolute atomic E-state index is 13.3. The topological polar surface area (TPSA) is 83.9 Å². The minimum atomic E-state index is -5.81. The van der Waals surface area contributed by atoms with Gasteiger partial charge < -0.3 is 14.2 Å². The molecule has 1 aliphatic rings. The zero-order chi connectivity index (χ0) is 30.1. The second-order valence-electron chi connectivity index (χ2n) is 9.87. The molecule has 3 atom stereocenters. The number of anilines is 1. The van der Waals surface area contributed by atoms with E-state index in [0.717, 1.165) is 11.6 Å². The van der Waals surface area contributed by atoms with Crippen molar-refractivity contribution in [3.63, 3.8) is 0 Å². The number of benzene rings is 4. The van der Waals surface area contributed by atoms with E-state index in [4.69, 9.17) is 0 Å². The molecule has 42 heavy (non-hydrogen) atoms. The number of aliphatic hydroxyl groups excluding tert-OH is 1. The summed E-state index contributed by atoms with van der Waals surface area (Å²) in [5.41, 5.74) is -2.47. The summed E-state index contributed by atoms with van der Waals surface area (Å²) in [5, 5.41) is 10.6. The monoisotopic (exact) mass is 599 g/mol. The number of β-lactam (4-membered cyclic amide) rings is 1. The van der Waals surface area contributed by atoms with Gasteiger partial charge in [-0.05, 0) is 71.5 Å². The average Bonchev–Trinajstić information content (AvgIpc) is 2.96. The van der Waals surface area contributed by atoms with Gasteiger partial charge >= 0.3 is 15.6 Å². The maximum Gasteiger partial charge on any atom is 0.534 e. The van der Waals surface area contributed by atoms with Crippen LogP contribution in [0.15, 0.2) is 103 Å². The molecule has 1 aliphatic heterocycles. The van der Waals surface area contributed by atoms with Gasteiger partial charge in [-0.15, -0.1) is 0 Å². The number of aliphatic hydroxyl groups is 1. The Hall–Kier alpha value is -4.22. The number of carbonyl (C=O) groups excluding carboxylic acids is 1. The van der Waals surface area contributed by atoms with E-state index in [9.17, 15) is 35.9 Å². The van der Waals surface area contributed by atoms with E-state index in [1.807, 2.05) is 30.3 Å². The highest BCUT2D eigenvalue weighted by Crippen LogP contribution is 2.46. The Morgan fingerprint density at radius 2 is 1.52 bits per heavy atom. The molecule has 1 saturated heterocycles. The summed E-state index contributed by atoms with van der Waals surface area (Å²) in [6.45, 7) is 0. The number of nitrogens with zero attached hydrogens (tertiary/aromatic N) is 1. The van der Waals surface area contributed by atoms with Crippen molar-refractivity contribution >= 4 is 21.7 Å². The van der Waals surface area contributed by atoms with Gasteiger partial charge in [0.15, 0.2) is 0 Å². The molecule has 218 valence electrons. The van der Waals surface area contributed by atoms with E-state index < -0.39 is 39.2 Å². The van der Waals surface area contributed by atoms with Crippen LogP contribution in [0.2, 0.25) is 0 Å². The third-order valence-electron chi connectivity index (χ3n) is 7.16. The van der Waals surface area contributed by atoms with Crippen molar-refractivity contribution in [2.45, 2.75) is 30.5 Å². The van der Waals surface area contributed by atoms with Gasteiger partial charge in [0, 0.05) is 5.69 Å². The third-order valence-corrected chi connectivity index (χ3v) is 8.14. The highest BCUT2D eigenvalue weighted by Gasteiger charge is 2.49. The Bertz CT molecular complexity index is 1660. The Labute approximate surface area is 239 Å². The molecule has 1 amide bonds. The van der Waals surface area contributed by atoms with Crippen molar-refractivity contribution in [2.75, 3.05) is 4.90 Å². The lowest BCUT2D eigenvalue weighted by atomic mass is 9.78. The predicted octanol–water partition coefficient (Wildman–Crippen LogP) is 6.94. The number of hydrogen-bond acceptors (Lipinski definition) is 5. The molecule has 0 unspecified atom stereocenters. The quantitative estimate of drug-likeness (QED) is 0.0976. The third kappa shape index (κ3) is 6.02. The zero-order valence-corrected chi connectivity index (χ0v) is 22.7. The molecule has 0 bridgehead atoms. The molecule has 4 aromatic carbocycles. The first-order valence-electron chi connectivity index (χ1n) is 13.0. The minimum Gasteiger partial charge on any atom is -0.388 e. The highest BCUT2D eigenvalue weighted by molar-refractivity contribution is 7.88. The fraction of sp³-hybridized carbons (Fsp3) is 0.194. The molecule has 11 heteroatoms. The number of rotatable bonds is 9. The number of halogens is 4. The fourth-order valence-corrected chi connectivity index (χ4v) is 5.50. The normalized spacial score (nSPS) is 17.9. The molecule has 5 rings (SSSR count). The Morgan fingerprint density at radius 1 is 0.857 bits per heavy atom. The second-order valence-corrected chi connectivity index (χ2v) is 11.4. The molecular weight excluding hydrogens is 574 g/mol. The summed E-state index contributed by atoms with van der Waals surface area (Å²) >= 11 is 0. The number of amides is 1. The van der Waals surface area contributed by atoms with E-state index in [1.54, 1.807) is 35.2 Å². The van der Waals surface area contributed by atoms with Gasteiger partial charge in [0.2, 0.25) is 5.91 Å². The van der Waals surface area contributed by atoms with Crippen molar-refractivity contribution in [1.82, 2.24) is 0 Å². The van der Waals surface area contributed by atoms with Gasteiger partial charge in [-0.1, -0.05) is 66.7 Å². The molecule has 1 fully saturated rings. The molecule has 0 saturated carbocycles. The van der Waals surface area contributed by atoms with Crippen molar-refractivity contribution in [1.29, 1.82) is 0 Å². The van der Waals surface area contributed by atoms with Crippen LogP contribution in [0.25, 0.3) is 11.1 Å². The van der Waals surface area contributed by atoms with Crippen molar-refractivity contribution in [3.05, 3.63) is 120 Å². The van der Waals surface area contributed by atoms with E-state index in [2.05, 4.69) is 4.18 Å². The van der Waals surface area contributed by atoms with Gasteiger partial charge in [0.1, 0.15) is 11.6 Å². The zero-order valence-electron chi connectivity index (χ0n) is 21.9. The fourth-order valence-electron chi connectivity index (χ4n) is 5.05. The number of hydrogen-bond donors (Lipinski definition) is 1. The minimum absolute atomic E-state index is 0.0997. The molecule has 0 aromatic heterocycles. The molecule has 6 nitrogen and oxygen atoms in total. The predicted molar refractivity (Wildman–Crippen MR) is 148 cm³/mol. The van der Waals surface area contributed by atoms with Gasteiger partial charge in [-0.2, -0.15) is 21.6 Å². The Morgan fingerprint density at radius 3 is 2.17 bits per heavy atom. The summed E-state index contributed by atoms with van der Waals surface area (Å²) in [6, 6.07) is 26.7. The SMILES string of the molecule is O=C1[C@H](CC[C@H](O)c2ccc(F)cc2)[C@@H](c2ccc(-c3cccc(OS(=O)(=O)C(F)(F)F)c3)cc2)N1c1ccccc1. The maximum atomic E-state index is 13.3. The average molecular weight is 600 g/mol. The molecule has 0 radical (unpaired) electrons. The summed E-state index contributed by atoms with van der Waals surface area (Å²) in [5.74, 6) is -1.42. The molecule has 0 spiro atoms. The van der Waals surface area contributed by atoms with Gasteiger partial charge in [-0.25, -0.2) is 4.39 Å². The van der Waals surface area contributed by atoms with Crippen LogP contribution in [0.5, 0.6) is 5.75 Å². The van der Waals surface area contributed by atoms with E-state index in [0.29, 0.717) is 28.8 Å². The summed E-state index contributed by atoms with van der Waals surface area (Å²) in [4.78, 5) is 15.0. The summed E-state index contributed by atoms with van der Waals surface area (Å²) < 4.78 is 78.6. The number of alkyl halides is 3. The van der Waals surface area contributed by atoms with Crippen molar-refractivity contribution in [2.24, 2.45) is 5.92 Å². The van der Waals surface area contributed by atoms with Gasteiger partial charge in [0.25, 0.3) is 0 Å². The van der Waals surface area contributed by atoms with Gasteiger partial charge in [-0.3, -0.25) is 4.79 Å². The molecule has 4 aromatic rings. The lowest BCUT2D eigenvalue weighted by Gasteiger charge is -2.48. The van der Waals surface area contributed by atoms with Crippen LogP contribution >= 0.6 is 0 Å². The van der Waals surface area contributed by atoms with Crippen LogP contribution in [0.1, 0.15) is 36.1 Å². The van der Waals surface area contributed by atoms with Crippen LogP contribution in [0.4, 0.5) is 23.2 Å². The first kappa shape index (κ1) is 29.3. The molecule has 1 N–H and O–H groups in total. The van der Waals surface area contributed by atoms with Crippen LogP contribution in [-0.2, 0) is 14.9 Å². The molecule has 1 heterocycles. The Balaban J connectivity index is 1.37. The second kappa shape index (κ2) is 11.6.